The molecule has 2 aromatic rings. The second kappa shape index (κ2) is 9.53. The Kier molecular flexibility index (Phi) is 8.21. The molecule has 0 aromatic carbocycles. The predicted octanol–water partition coefficient (Wildman–Crippen LogP) is 2.72. The van der Waals surface area contributed by atoms with E-state index in [4.69, 9.17) is 5.73 Å². The van der Waals surface area contributed by atoms with Crippen LogP contribution in [0, 0.1) is 5.92 Å². The molecule has 2 N–H and O–H groups in total. The molecule has 3 rings (SSSR count). The van der Waals surface area contributed by atoms with E-state index in [0.29, 0.717) is 19.0 Å². The first-order valence-corrected chi connectivity index (χ1v) is 8.26. The number of hydrogen-bond acceptors (Lipinski definition) is 5. The number of rotatable bonds is 3. The van der Waals surface area contributed by atoms with Crippen LogP contribution in [0.1, 0.15) is 35.8 Å². The molecule has 7 nitrogen and oxygen atoms in total. The molecule has 2 aromatic heterocycles. The largest absolute Gasteiger partial charge is 0.417 e. The van der Waals surface area contributed by atoms with E-state index in [9.17, 15) is 18.0 Å². The molecule has 1 fully saturated rings. The smallest absolute Gasteiger partial charge is 0.337 e. The highest BCUT2D eigenvalue weighted by atomic mass is 35.5. The van der Waals surface area contributed by atoms with Gasteiger partial charge in [0.2, 0.25) is 0 Å². The number of nitrogens with two attached hydrogens (primary N) is 1. The highest BCUT2D eigenvalue weighted by molar-refractivity contribution is 5.92. The van der Waals surface area contributed by atoms with E-state index in [1.54, 1.807) is 4.90 Å². The summed E-state index contributed by atoms with van der Waals surface area (Å²) in [5.74, 6) is 0.289. The molecule has 0 saturated carbocycles. The molecule has 0 aliphatic carbocycles. The lowest BCUT2D eigenvalue weighted by Crippen LogP contribution is -2.42. The van der Waals surface area contributed by atoms with Gasteiger partial charge in [-0.3, -0.25) is 4.79 Å². The molecule has 156 valence electrons. The van der Waals surface area contributed by atoms with E-state index in [1.165, 1.54) is 16.9 Å². The van der Waals surface area contributed by atoms with E-state index in [2.05, 4.69) is 15.3 Å². The third-order valence-electron chi connectivity index (χ3n) is 4.59. The highest BCUT2D eigenvalue weighted by Crippen LogP contribution is 2.28. The number of alkyl halides is 3. The molecule has 12 heteroatoms. The summed E-state index contributed by atoms with van der Waals surface area (Å²) in [5.41, 5.74) is 5.18. The van der Waals surface area contributed by atoms with E-state index in [1.807, 2.05) is 6.92 Å². The topological polar surface area (TPSA) is 89.9 Å². The summed E-state index contributed by atoms with van der Waals surface area (Å²) in [7, 11) is 0. The zero-order valence-electron chi connectivity index (χ0n) is 15.0. The van der Waals surface area contributed by atoms with Crippen molar-refractivity contribution in [1.29, 1.82) is 0 Å². The van der Waals surface area contributed by atoms with Gasteiger partial charge in [-0.25, -0.2) is 9.67 Å². The highest BCUT2D eigenvalue weighted by Gasteiger charge is 2.31. The van der Waals surface area contributed by atoms with Crippen molar-refractivity contribution in [3.05, 3.63) is 35.8 Å². The van der Waals surface area contributed by atoms with Crippen molar-refractivity contribution < 1.29 is 18.0 Å². The van der Waals surface area contributed by atoms with Gasteiger partial charge in [0.1, 0.15) is 0 Å². The van der Waals surface area contributed by atoms with Gasteiger partial charge < -0.3 is 10.6 Å². The first-order valence-electron chi connectivity index (χ1n) is 8.26. The zero-order chi connectivity index (χ0) is 18.9. The molecule has 1 aliphatic rings. The summed E-state index contributed by atoms with van der Waals surface area (Å²) < 4.78 is 38.9. The van der Waals surface area contributed by atoms with Crippen LogP contribution in [0.5, 0.6) is 0 Å². The molecular formula is C16H21Cl2F3N6O. The van der Waals surface area contributed by atoms with Gasteiger partial charge in [0.25, 0.3) is 5.91 Å². The number of nitrogens with zero attached hydrogens (tertiary/aromatic N) is 5. The van der Waals surface area contributed by atoms with Crippen molar-refractivity contribution in [2.45, 2.75) is 32.0 Å². The minimum absolute atomic E-state index is 0. The Labute approximate surface area is 172 Å². The van der Waals surface area contributed by atoms with Crippen LogP contribution in [0.4, 0.5) is 13.2 Å². The first-order chi connectivity index (χ1) is 12.3. The van der Waals surface area contributed by atoms with Gasteiger partial charge in [-0.1, -0.05) is 5.21 Å². The predicted molar refractivity (Wildman–Crippen MR) is 101 cm³/mol. The maximum atomic E-state index is 12.6. The second-order valence-electron chi connectivity index (χ2n) is 6.44. The summed E-state index contributed by atoms with van der Waals surface area (Å²) in [4.78, 5) is 17.9. The minimum atomic E-state index is -4.46. The number of carbonyl (C=O) groups is 1. The van der Waals surface area contributed by atoms with Gasteiger partial charge >= 0.3 is 6.18 Å². The third kappa shape index (κ3) is 5.33. The average Bonchev–Trinajstić information content (AvgIpc) is 3.10. The maximum Gasteiger partial charge on any atom is 0.417 e. The summed E-state index contributed by atoms with van der Waals surface area (Å²) in [6, 6.07) is 2.18. The fraction of sp³-hybridized carbons (Fsp3) is 0.500. The first kappa shape index (κ1) is 24.1. The second-order valence-corrected chi connectivity index (χ2v) is 6.44. The quantitative estimate of drug-likeness (QED) is 0.792. The zero-order valence-corrected chi connectivity index (χ0v) is 16.6. The standard InChI is InChI=1S/C16H19F3N6O.2ClH/c1-10(20)11-4-6-24(7-5-11)15(26)13-9-25(23-22-13)14-3-2-12(8-21-14)16(17,18)19;;/h2-3,8-11H,4-7,20H2,1H3;2*1H. The number of piperidine rings is 1. The van der Waals surface area contributed by atoms with E-state index < -0.39 is 11.7 Å². The number of carbonyl (C=O) groups excluding carboxylic acids is 1. The molecule has 1 amide bonds. The Balaban J connectivity index is 0.00000196. The van der Waals surface area contributed by atoms with Crippen molar-refractivity contribution >= 4 is 30.7 Å². The van der Waals surface area contributed by atoms with Gasteiger partial charge in [0.15, 0.2) is 11.5 Å². The maximum absolute atomic E-state index is 12.6. The normalized spacial score (nSPS) is 16.1. The Hall–Kier alpha value is -1.91. The summed E-state index contributed by atoms with van der Waals surface area (Å²) in [5, 5.41) is 7.62. The lowest BCUT2D eigenvalue weighted by atomic mass is 9.91. The number of aromatic nitrogens is 4. The van der Waals surface area contributed by atoms with E-state index in [0.717, 1.165) is 25.1 Å². The molecule has 3 heterocycles. The summed E-state index contributed by atoms with van der Waals surface area (Å²) in [6.45, 7) is 3.15. The number of halogens is 5. The van der Waals surface area contributed by atoms with Crippen molar-refractivity contribution in [1.82, 2.24) is 24.9 Å². The summed E-state index contributed by atoms with van der Waals surface area (Å²) >= 11 is 0. The van der Waals surface area contributed by atoms with Crippen molar-refractivity contribution in [3.63, 3.8) is 0 Å². The van der Waals surface area contributed by atoms with Crippen molar-refractivity contribution in [2.75, 3.05) is 13.1 Å². The van der Waals surface area contributed by atoms with Gasteiger partial charge in [0.05, 0.1) is 11.8 Å². The molecule has 1 atom stereocenters. The number of hydrogen-bond donors (Lipinski definition) is 1. The molecule has 1 aliphatic heterocycles. The molecule has 1 unspecified atom stereocenters. The Morgan fingerprint density at radius 1 is 1.25 bits per heavy atom. The van der Waals surface area contributed by atoms with Crippen molar-refractivity contribution in [3.8, 4) is 5.82 Å². The van der Waals surface area contributed by atoms with E-state index in [-0.39, 0.29) is 48.3 Å². The number of pyridine rings is 1. The van der Waals surface area contributed by atoms with Gasteiger partial charge in [-0.05, 0) is 37.8 Å². The lowest BCUT2D eigenvalue weighted by molar-refractivity contribution is -0.137. The number of likely N-dealkylation sites (tertiary alicyclic amines) is 1. The van der Waals surface area contributed by atoms with Crippen LogP contribution in [0.25, 0.3) is 5.82 Å². The van der Waals surface area contributed by atoms with Crippen molar-refractivity contribution in [2.24, 2.45) is 11.7 Å². The Morgan fingerprint density at radius 2 is 1.89 bits per heavy atom. The van der Waals surface area contributed by atoms with E-state index >= 15 is 0 Å². The van der Waals surface area contributed by atoms with Gasteiger partial charge in [-0.2, -0.15) is 13.2 Å². The van der Waals surface area contributed by atoms with Crippen LogP contribution >= 0.6 is 24.8 Å². The van der Waals surface area contributed by atoms with Crippen LogP contribution in [0.3, 0.4) is 0 Å². The molecule has 0 bridgehead atoms. The van der Waals surface area contributed by atoms with Crippen LogP contribution in [-0.4, -0.2) is 49.9 Å². The fourth-order valence-corrected chi connectivity index (χ4v) is 2.95. The lowest BCUT2D eigenvalue weighted by Gasteiger charge is -2.33. The molecule has 1 saturated heterocycles. The molecular weight excluding hydrogens is 420 g/mol. The van der Waals surface area contributed by atoms with Gasteiger partial charge in [0, 0.05) is 25.3 Å². The molecule has 28 heavy (non-hydrogen) atoms. The number of amides is 1. The molecule has 0 radical (unpaired) electrons. The third-order valence-corrected chi connectivity index (χ3v) is 4.59. The van der Waals surface area contributed by atoms with Crippen LogP contribution < -0.4 is 5.73 Å². The van der Waals surface area contributed by atoms with Gasteiger partial charge in [-0.15, -0.1) is 29.9 Å². The SMILES string of the molecule is CC(N)C1CCN(C(=O)c2cn(-c3ccc(C(F)(F)F)cn3)nn2)CC1.Cl.Cl. The molecule has 0 spiro atoms. The monoisotopic (exact) mass is 440 g/mol. The van der Waals surface area contributed by atoms with Crippen LogP contribution in [-0.2, 0) is 6.18 Å². The summed E-state index contributed by atoms with van der Waals surface area (Å²) in [6.07, 6.45) is -0.703. The Bertz CT molecular complexity index is 773. The fourth-order valence-electron chi connectivity index (χ4n) is 2.95. The Morgan fingerprint density at radius 3 is 2.39 bits per heavy atom. The van der Waals surface area contributed by atoms with Crippen LogP contribution in [0.15, 0.2) is 24.5 Å². The average molecular weight is 441 g/mol. The van der Waals surface area contributed by atoms with Crippen LogP contribution in [0.2, 0.25) is 0 Å². The minimum Gasteiger partial charge on any atom is -0.337 e.